The van der Waals surface area contributed by atoms with Gasteiger partial charge in [-0.1, -0.05) is 6.07 Å². The highest BCUT2D eigenvalue weighted by molar-refractivity contribution is 5.81. The fraction of sp³-hybridized carbons (Fsp3) is 0.0714. The van der Waals surface area contributed by atoms with Gasteiger partial charge < -0.3 is 9.84 Å². The van der Waals surface area contributed by atoms with E-state index in [4.69, 9.17) is 4.74 Å². The Balaban J connectivity index is 2.07. The van der Waals surface area contributed by atoms with E-state index in [9.17, 15) is 15.2 Å². The van der Waals surface area contributed by atoms with E-state index in [0.29, 0.717) is 17.0 Å². The number of hydrazone groups is 1. The molecule has 2 rings (SSSR count). The Kier molecular flexibility index (Phi) is 4.35. The van der Waals surface area contributed by atoms with E-state index < -0.39 is 4.92 Å². The van der Waals surface area contributed by atoms with Gasteiger partial charge in [-0.05, 0) is 29.8 Å². The molecule has 0 aliphatic carbocycles. The van der Waals surface area contributed by atoms with Crippen LogP contribution in [-0.4, -0.2) is 23.4 Å². The topological polar surface area (TPSA) is 97.0 Å². The number of nitrogens with one attached hydrogen (secondary N) is 1. The van der Waals surface area contributed by atoms with Crippen molar-refractivity contribution in [2.45, 2.75) is 0 Å². The van der Waals surface area contributed by atoms with Crippen LogP contribution in [0, 0.1) is 10.1 Å². The summed E-state index contributed by atoms with van der Waals surface area (Å²) in [6, 6.07) is 10.8. The number of hydrogen-bond donors (Lipinski definition) is 2. The Bertz CT molecular complexity index is 686. The second-order valence-electron chi connectivity index (χ2n) is 4.11. The average Bonchev–Trinajstić information content (AvgIpc) is 2.48. The molecule has 0 radical (unpaired) electrons. The minimum Gasteiger partial charge on any atom is -0.504 e. The molecule has 0 amide bonds. The van der Waals surface area contributed by atoms with Crippen LogP contribution in [0.1, 0.15) is 5.56 Å². The molecular formula is C14H13N3O4. The Hall–Kier alpha value is -3.09. The monoisotopic (exact) mass is 287 g/mol. The summed E-state index contributed by atoms with van der Waals surface area (Å²) >= 11 is 0. The molecule has 0 saturated heterocycles. The summed E-state index contributed by atoms with van der Waals surface area (Å²) < 4.78 is 4.94. The zero-order valence-electron chi connectivity index (χ0n) is 11.2. The smallest absolute Gasteiger partial charge is 0.271 e. The summed E-state index contributed by atoms with van der Waals surface area (Å²) in [5.74, 6) is 0.385. The molecular weight excluding hydrogens is 274 g/mol. The van der Waals surface area contributed by atoms with Gasteiger partial charge in [0.15, 0.2) is 11.5 Å². The minimum atomic E-state index is -0.476. The summed E-state index contributed by atoms with van der Waals surface area (Å²) in [6.07, 6.45) is 1.48. The van der Waals surface area contributed by atoms with Crippen LogP contribution < -0.4 is 10.2 Å². The largest absolute Gasteiger partial charge is 0.504 e. The van der Waals surface area contributed by atoms with Gasteiger partial charge in [0.1, 0.15) is 0 Å². The number of nitrogens with zero attached hydrogens (tertiary/aromatic N) is 2. The number of phenolic OH excluding ortho intramolecular Hbond substituents is 1. The van der Waals surface area contributed by atoms with Gasteiger partial charge >= 0.3 is 0 Å². The third-order valence-electron chi connectivity index (χ3n) is 2.67. The molecule has 2 aromatic carbocycles. The Labute approximate surface area is 120 Å². The molecule has 0 spiro atoms. The number of aromatic hydroxyl groups is 1. The molecule has 0 fully saturated rings. The lowest BCUT2D eigenvalue weighted by Gasteiger charge is -2.03. The van der Waals surface area contributed by atoms with Gasteiger partial charge in [0.25, 0.3) is 5.69 Å². The molecule has 7 heteroatoms. The Morgan fingerprint density at radius 2 is 2.14 bits per heavy atom. The van der Waals surface area contributed by atoms with Gasteiger partial charge in [-0.3, -0.25) is 15.5 Å². The second kappa shape index (κ2) is 6.38. The lowest BCUT2D eigenvalue weighted by Crippen LogP contribution is -1.93. The third kappa shape index (κ3) is 3.69. The lowest BCUT2D eigenvalue weighted by atomic mass is 10.2. The van der Waals surface area contributed by atoms with Gasteiger partial charge in [0, 0.05) is 12.1 Å². The molecule has 7 nitrogen and oxygen atoms in total. The normalized spacial score (nSPS) is 10.5. The number of anilines is 1. The summed E-state index contributed by atoms with van der Waals surface area (Å²) in [6.45, 7) is 0. The molecule has 0 bridgehead atoms. The third-order valence-corrected chi connectivity index (χ3v) is 2.67. The van der Waals surface area contributed by atoms with Crippen LogP contribution in [0.15, 0.2) is 47.6 Å². The number of rotatable bonds is 5. The Morgan fingerprint density at radius 3 is 2.81 bits per heavy atom. The predicted octanol–water partition coefficient (Wildman–Crippen LogP) is 2.76. The zero-order chi connectivity index (χ0) is 15.2. The van der Waals surface area contributed by atoms with Gasteiger partial charge in [-0.2, -0.15) is 5.10 Å². The molecule has 0 saturated carbocycles. The van der Waals surface area contributed by atoms with E-state index in [1.165, 1.54) is 31.5 Å². The minimum absolute atomic E-state index is 0.0109. The zero-order valence-corrected chi connectivity index (χ0v) is 11.2. The van der Waals surface area contributed by atoms with Crippen LogP contribution in [0.4, 0.5) is 11.4 Å². The first-order valence-corrected chi connectivity index (χ1v) is 6.00. The molecule has 108 valence electrons. The SMILES string of the molecule is COc1ccc(C=NNc2cccc([N+](=O)[O-])c2)cc1O. The van der Waals surface area contributed by atoms with E-state index >= 15 is 0 Å². The predicted molar refractivity (Wildman–Crippen MR) is 79.0 cm³/mol. The average molecular weight is 287 g/mol. The standard InChI is InChI=1S/C14H13N3O4/c1-21-14-6-5-10(7-13(14)18)9-15-16-11-3-2-4-12(8-11)17(19)20/h2-9,16,18H,1H3. The van der Waals surface area contributed by atoms with Crippen LogP contribution in [0.5, 0.6) is 11.5 Å². The molecule has 0 aliphatic heterocycles. The van der Waals surface area contributed by atoms with Crippen molar-refractivity contribution in [3.63, 3.8) is 0 Å². The number of non-ortho nitro benzene ring substituents is 1. The van der Waals surface area contributed by atoms with E-state index in [0.717, 1.165) is 0 Å². The molecule has 0 aromatic heterocycles. The van der Waals surface area contributed by atoms with Crippen LogP contribution in [0.2, 0.25) is 0 Å². The molecule has 21 heavy (non-hydrogen) atoms. The van der Waals surface area contributed by atoms with Crippen molar-refractivity contribution in [1.82, 2.24) is 0 Å². The number of phenols is 1. The van der Waals surface area contributed by atoms with Crippen molar-refractivity contribution in [3.8, 4) is 11.5 Å². The fourth-order valence-corrected chi connectivity index (χ4v) is 1.66. The first-order chi connectivity index (χ1) is 10.1. The first kappa shape index (κ1) is 14.3. The van der Waals surface area contributed by atoms with Crippen molar-refractivity contribution in [2.75, 3.05) is 12.5 Å². The van der Waals surface area contributed by atoms with E-state index in [2.05, 4.69) is 10.5 Å². The van der Waals surface area contributed by atoms with Crippen LogP contribution in [-0.2, 0) is 0 Å². The molecule has 0 atom stereocenters. The fourth-order valence-electron chi connectivity index (χ4n) is 1.66. The molecule has 0 heterocycles. The number of nitro benzene ring substituents is 1. The maximum Gasteiger partial charge on any atom is 0.271 e. The summed E-state index contributed by atoms with van der Waals surface area (Å²) in [5.41, 5.74) is 3.83. The van der Waals surface area contributed by atoms with Crippen molar-refractivity contribution in [2.24, 2.45) is 5.10 Å². The van der Waals surface area contributed by atoms with Crippen molar-refractivity contribution in [3.05, 3.63) is 58.1 Å². The van der Waals surface area contributed by atoms with Crippen molar-refractivity contribution < 1.29 is 14.8 Å². The van der Waals surface area contributed by atoms with Crippen LogP contribution in [0.25, 0.3) is 0 Å². The summed E-state index contributed by atoms with van der Waals surface area (Å²) in [4.78, 5) is 10.2. The first-order valence-electron chi connectivity index (χ1n) is 6.00. The number of benzene rings is 2. The highest BCUT2D eigenvalue weighted by Gasteiger charge is 2.04. The number of ether oxygens (including phenoxy) is 1. The van der Waals surface area contributed by atoms with Gasteiger partial charge in [0.05, 0.1) is 23.9 Å². The van der Waals surface area contributed by atoms with E-state index in [1.807, 2.05) is 0 Å². The van der Waals surface area contributed by atoms with Crippen LogP contribution >= 0.6 is 0 Å². The molecule has 0 unspecified atom stereocenters. The maximum absolute atomic E-state index is 10.6. The quantitative estimate of drug-likeness (QED) is 0.500. The number of hydrogen-bond acceptors (Lipinski definition) is 6. The summed E-state index contributed by atoms with van der Waals surface area (Å²) in [5, 5.41) is 24.2. The van der Waals surface area contributed by atoms with E-state index in [1.54, 1.807) is 24.3 Å². The second-order valence-corrected chi connectivity index (χ2v) is 4.11. The lowest BCUT2D eigenvalue weighted by molar-refractivity contribution is -0.384. The van der Waals surface area contributed by atoms with Crippen molar-refractivity contribution in [1.29, 1.82) is 0 Å². The molecule has 0 aliphatic rings. The van der Waals surface area contributed by atoms with Crippen LogP contribution in [0.3, 0.4) is 0 Å². The number of methoxy groups -OCH3 is 1. The Morgan fingerprint density at radius 1 is 1.33 bits per heavy atom. The maximum atomic E-state index is 10.6. The van der Waals surface area contributed by atoms with Gasteiger partial charge in [-0.15, -0.1) is 0 Å². The summed E-state index contributed by atoms with van der Waals surface area (Å²) in [7, 11) is 1.46. The van der Waals surface area contributed by atoms with E-state index in [-0.39, 0.29) is 11.4 Å². The molecule has 2 aromatic rings. The number of nitro groups is 1. The molecule has 2 N–H and O–H groups in total. The highest BCUT2D eigenvalue weighted by Crippen LogP contribution is 2.25. The van der Waals surface area contributed by atoms with Crippen molar-refractivity contribution >= 4 is 17.6 Å². The van der Waals surface area contributed by atoms with Gasteiger partial charge in [0.2, 0.25) is 0 Å². The highest BCUT2D eigenvalue weighted by atomic mass is 16.6. The van der Waals surface area contributed by atoms with Gasteiger partial charge in [-0.25, -0.2) is 0 Å².